The Balaban J connectivity index is 2.71. The molecule has 0 spiro atoms. The maximum absolute atomic E-state index is 10.4. The zero-order valence-electron chi connectivity index (χ0n) is 7.23. The van der Waals surface area contributed by atoms with Gasteiger partial charge in [-0.3, -0.25) is 4.55 Å². The van der Waals surface area contributed by atoms with Crippen LogP contribution < -0.4 is 5.32 Å². The normalized spacial score (nSPS) is 11.6. The van der Waals surface area contributed by atoms with Gasteiger partial charge in [0.05, 0.1) is 0 Å². The van der Waals surface area contributed by atoms with Crippen molar-refractivity contribution in [2.24, 2.45) is 0 Å². The van der Waals surface area contributed by atoms with Gasteiger partial charge in [-0.2, -0.15) is 8.42 Å². The topological polar surface area (TPSA) is 92.4 Å². The van der Waals surface area contributed by atoms with E-state index < -0.39 is 16.0 Å². The van der Waals surface area contributed by atoms with Crippen LogP contribution in [-0.4, -0.2) is 24.0 Å². The summed E-state index contributed by atoms with van der Waals surface area (Å²) in [5, 5.41) is 5.99. The van der Waals surface area contributed by atoms with Gasteiger partial charge in [-0.25, -0.2) is 0 Å². The summed E-state index contributed by atoms with van der Waals surface area (Å²) in [7, 11) is -4.02. The second-order valence-electron chi connectivity index (χ2n) is 2.62. The maximum atomic E-state index is 10.4. The summed E-state index contributed by atoms with van der Waals surface area (Å²) in [6, 6.07) is 0. The van der Waals surface area contributed by atoms with Crippen molar-refractivity contribution in [2.75, 3.05) is 11.2 Å². The van der Waals surface area contributed by atoms with Gasteiger partial charge >= 0.3 is 0 Å². The number of anilines is 1. The summed E-state index contributed by atoms with van der Waals surface area (Å²) in [5.41, 5.74) is 0.726. The Bertz CT molecular complexity index is 395. The number of nitrogens with zero attached hydrogens (tertiary/aromatic N) is 1. The molecule has 13 heavy (non-hydrogen) atoms. The van der Waals surface area contributed by atoms with Crippen molar-refractivity contribution in [1.29, 1.82) is 0 Å². The van der Waals surface area contributed by atoms with Gasteiger partial charge < -0.3 is 9.84 Å². The highest BCUT2D eigenvalue weighted by Gasteiger charge is 2.10. The van der Waals surface area contributed by atoms with Crippen LogP contribution in [0.1, 0.15) is 11.3 Å². The molecule has 0 atom stereocenters. The van der Waals surface area contributed by atoms with Crippen molar-refractivity contribution in [3.8, 4) is 0 Å². The Morgan fingerprint density at radius 2 is 2.15 bits per heavy atom. The highest BCUT2D eigenvalue weighted by Crippen LogP contribution is 2.15. The first-order chi connectivity index (χ1) is 5.90. The lowest BCUT2D eigenvalue weighted by molar-refractivity contribution is 0.399. The van der Waals surface area contributed by atoms with Crippen LogP contribution in [0.2, 0.25) is 0 Å². The van der Waals surface area contributed by atoms with Crippen LogP contribution in [0.4, 0.5) is 5.82 Å². The first-order valence-corrected chi connectivity index (χ1v) is 5.13. The van der Waals surface area contributed by atoms with Crippen molar-refractivity contribution < 1.29 is 17.5 Å². The molecule has 1 rings (SSSR count). The van der Waals surface area contributed by atoms with Gasteiger partial charge in [0.15, 0.2) is 5.82 Å². The molecule has 0 aliphatic carbocycles. The quantitative estimate of drug-likeness (QED) is 0.701. The Kier molecular flexibility index (Phi) is 2.58. The second-order valence-corrected chi connectivity index (χ2v) is 4.07. The first-order valence-electron chi connectivity index (χ1n) is 3.52. The summed E-state index contributed by atoms with van der Waals surface area (Å²) >= 11 is 0. The molecule has 0 bridgehead atoms. The lowest BCUT2D eigenvalue weighted by atomic mass is 10.3. The van der Waals surface area contributed by atoms with Crippen LogP contribution in [0.15, 0.2) is 4.52 Å². The summed E-state index contributed by atoms with van der Waals surface area (Å²) in [5.74, 6) is 0.368. The van der Waals surface area contributed by atoms with Crippen LogP contribution in [-0.2, 0) is 10.1 Å². The van der Waals surface area contributed by atoms with E-state index in [0.717, 1.165) is 5.56 Å². The van der Waals surface area contributed by atoms with Gasteiger partial charge in [0, 0.05) is 5.56 Å². The minimum absolute atomic E-state index is 0.329. The molecule has 0 saturated heterocycles. The molecular weight excluding hydrogens is 196 g/mol. The van der Waals surface area contributed by atoms with Crippen LogP contribution in [0.3, 0.4) is 0 Å². The maximum Gasteiger partial charge on any atom is 0.283 e. The van der Waals surface area contributed by atoms with E-state index in [9.17, 15) is 8.42 Å². The number of aromatic nitrogens is 1. The Labute approximate surface area is 75.7 Å². The highest BCUT2D eigenvalue weighted by atomic mass is 32.2. The fraction of sp³-hybridized carbons (Fsp3) is 0.500. The first kappa shape index (κ1) is 10.0. The van der Waals surface area contributed by atoms with Crippen LogP contribution in [0, 0.1) is 13.8 Å². The van der Waals surface area contributed by atoms with Gasteiger partial charge in [0.25, 0.3) is 10.1 Å². The van der Waals surface area contributed by atoms with Crippen molar-refractivity contribution in [3.05, 3.63) is 11.3 Å². The Morgan fingerprint density at radius 3 is 2.54 bits per heavy atom. The van der Waals surface area contributed by atoms with Crippen LogP contribution >= 0.6 is 0 Å². The van der Waals surface area contributed by atoms with Gasteiger partial charge in [-0.15, -0.1) is 0 Å². The summed E-state index contributed by atoms with van der Waals surface area (Å²) in [6.07, 6.45) is 0. The third kappa shape index (κ3) is 2.71. The third-order valence-electron chi connectivity index (χ3n) is 1.58. The summed E-state index contributed by atoms with van der Waals surface area (Å²) < 4.78 is 33.9. The molecule has 6 nitrogen and oxygen atoms in total. The van der Waals surface area contributed by atoms with Gasteiger partial charge in [-0.05, 0) is 13.8 Å². The number of hydrogen-bond acceptors (Lipinski definition) is 5. The van der Waals surface area contributed by atoms with Gasteiger partial charge in [0.2, 0.25) is 0 Å². The number of nitrogens with one attached hydrogen (secondary N) is 1. The highest BCUT2D eigenvalue weighted by molar-refractivity contribution is 7.85. The third-order valence-corrected chi connectivity index (χ3v) is 2.09. The molecule has 74 valence electrons. The predicted molar refractivity (Wildman–Crippen MR) is 46.0 cm³/mol. The molecule has 0 radical (unpaired) electrons. The zero-order chi connectivity index (χ0) is 10.1. The fourth-order valence-electron chi connectivity index (χ4n) is 0.742. The zero-order valence-corrected chi connectivity index (χ0v) is 8.05. The Morgan fingerprint density at radius 1 is 1.54 bits per heavy atom. The Hall–Kier alpha value is -1.08. The molecular formula is C6H10N2O4S. The van der Waals surface area contributed by atoms with Crippen molar-refractivity contribution in [2.45, 2.75) is 13.8 Å². The van der Waals surface area contributed by atoms with Crippen LogP contribution in [0.25, 0.3) is 0 Å². The van der Waals surface area contributed by atoms with E-state index in [0.29, 0.717) is 11.6 Å². The molecule has 1 heterocycles. The minimum atomic E-state index is -4.02. The average molecular weight is 206 g/mol. The molecule has 0 aliphatic rings. The standard InChI is InChI=1S/C6H10N2O4S/c1-4-5(2)12-8-6(4)7-3-13(9,10)11/h3H2,1-2H3,(H,7,8)(H,9,10,11). The molecule has 1 aromatic rings. The number of aryl methyl sites for hydroxylation is 1. The lowest BCUT2D eigenvalue weighted by Crippen LogP contribution is -2.13. The summed E-state index contributed by atoms with van der Waals surface area (Å²) in [4.78, 5) is 0. The van der Waals surface area contributed by atoms with Crippen LogP contribution in [0.5, 0.6) is 0 Å². The smallest absolute Gasteiger partial charge is 0.283 e. The molecule has 0 fully saturated rings. The molecule has 2 N–H and O–H groups in total. The van der Waals surface area contributed by atoms with E-state index in [1.165, 1.54) is 0 Å². The molecule has 0 amide bonds. The van der Waals surface area contributed by atoms with E-state index in [4.69, 9.17) is 9.08 Å². The number of rotatable bonds is 3. The molecule has 0 aromatic carbocycles. The minimum Gasteiger partial charge on any atom is -0.359 e. The largest absolute Gasteiger partial charge is 0.359 e. The van der Waals surface area contributed by atoms with Crippen molar-refractivity contribution >= 4 is 15.9 Å². The SMILES string of the molecule is Cc1onc(NCS(=O)(=O)O)c1C. The van der Waals surface area contributed by atoms with E-state index >= 15 is 0 Å². The molecule has 0 saturated carbocycles. The summed E-state index contributed by atoms with van der Waals surface area (Å²) in [6.45, 7) is 3.44. The van der Waals surface area contributed by atoms with Gasteiger partial charge in [-0.1, -0.05) is 5.16 Å². The molecule has 0 unspecified atom stereocenters. The van der Waals surface area contributed by atoms with E-state index in [1.54, 1.807) is 13.8 Å². The predicted octanol–water partition coefficient (Wildman–Crippen LogP) is 0.549. The average Bonchev–Trinajstić information content (AvgIpc) is 2.29. The number of hydrogen-bond donors (Lipinski definition) is 2. The fourth-order valence-corrected chi connectivity index (χ4v) is 1.06. The van der Waals surface area contributed by atoms with Gasteiger partial charge in [0.1, 0.15) is 11.6 Å². The monoisotopic (exact) mass is 206 g/mol. The van der Waals surface area contributed by atoms with E-state index in [-0.39, 0.29) is 0 Å². The van der Waals surface area contributed by atoms with E-state index in [1.807, 2.05) is 0 Å². The second kappa shape index (κ2) is 3.35. The van der Waals surface area contributed by atoms with Crippen molar-refractivity contribution in [3.63, 3.8) is 0 Å². The molecule has 7 heteroatoms. The molecule has 0 aliphatic heterocycles. The molecule has 1 aromatic heterocycles. The van der Waals surface area contributed by atoms with E-state index in [2.05, 4.69) is 10.5 Å². The lowest BCUT2D eigenvalue weighted by Gasteiger charge is -1.99. The van der Waals surface area contributed by atoms with Crippen molar-refractivity contribution in [1.82, 2.24) is 5.16 Å².